The van der Waals surface area contributed by atoms with E-state index < -0.39 is 0 Å². The number of thiophene rings is 1. The van der Waals surface area contributed by atoms with Crippen LogP contribution in [0, 0.1) is 0 Å². The van der Waals surface area contributed by atoms with Gasteiger partial charge in [-0.05, 0) is 35.7 Å². The van der Waals surface area contributed by atoms with Crippen molar-refractivity contribution < 1.29 is 9.47 Å². The Kier molecular flexibility index (Phi) is 6.77. The number of benzene rings is 1. The molecule has 5 heteroatoms. The molecule has 1 aliphatic heterocycles. The zero-order valence-corrected chi connectivity index (χ0v) is 16.5. The molecule has 3 nitrogen and oxygen atoms in total. The maximum Gasteiger partial charge on any atom is 0.134 e. The Bertz CT molecular complexity index is 650. The van der Waals surface area contributed by atoms with Crippen LogP contribution in [0.15, 0.2) is 36.4 Å². The lowest BCUT2D eigenvalue weighted by atomic mass is 10.0. The molecule has 0 saturated carbocycles. The molecule has 25 heavy (non-hydrogen) atoms. The van der Waals surface area contributed by atoms with Crippen LogP contribution in [-0.2, 0) is 4.74 Å². The van der Waals surface area contributed by atoms with E-state index in [-0.39, 0.29) is 6.10 Å². The fourth-order valence-corrected chi connectivity index (χ4v) is 4.11. The van der Waals surface area contributed by atoms with Crippen molar-refractivity contribution >= 4 is 22.9 Å². The highest BCUT2D eigenvalue weighted by Crippen LogP contribution is 2.33. The Morgan fingerprint density at radius 2 is 1.84 bits per heavy atom. The van der Waals surface area contributed by atoms with E-state index in [0.717, 1.165) is 49.4 Å². The third kappa shape index (κ3) is 5.45. The SMILES string of the molecule is CC(C)c1ccc(OC(CCN2CCOCC2)c2ccc(Cl)s2)cc1. The van der Waals surface area contributed by atoms with Gasteiger partial charge in [-0.1, -0.05) is 37.6 Å². The van der Waals surface area contributed by atoms with Gasteiger partial charge in [-0.2, -0.15) is 0 Å². The van der Waals surface area contributed by atoms with Gasteiger partial charge in [-0.25, -0.2) is 0 Å². The molecule has 0 N–H and O–H groups in total. The Morgan fingerprint density at radius 3 is 2.44 bits per heavy atom. The van der Waals surface area contributed by atoms with Gasteiger partial charge in [-0.3, -0.25) is 4.90 Å². The summed E-state index contributed by atoms with van der Waals surface area (Å²) in [4.78, 5) is 3.63. The summed E-state index contributed by atoms with van der Waals surface area (Å²) in [5.41, 5.74) is 1.33. The second-order valence-corrected chi connectivity index (χ2v) is 8.46. The van der Waals surface area contributed by atoms with Crippen LogP contribution in [0.2, 0.25) is 4.34 Å². The van der Waals surface area contributed by atoms with Gasteiger partial charge in [0.15, 0.2) is 0 Å². The van der Waals surface area contributed by atoms with Gasteiger partial charge in [0.25, 0.3) is 0 Å². The predicted octanol–water partition coefficient (Wildman–Crippen LogP) is 5.37. The zero-order chi connectivity index (χ0) is 17.6. The summed E-state index contributed by atoms with van der Waals surface area (Å²) >= 11 is 7.75. The van der Waals surface area contributed by atoms with Crippen molar-refractivity contribution in [1.29, 1.82) is 0 Å². The van der Waals surface area contributed by atoms with E-state index in [4.69, 9.17) is 21.1 Å². The number of halogens is 1. The van der Waals surface area contributed by atoms with Crippen LogP contribution < -0.4 is 4.74 Å². The highest BCUT2D eigenvalue weighted by molar-refractivity contribution is 7.16. The molecule has 1 fully saturated rings. The van der Waals surface area contributed by atoms with E-state index in [9.17, 15) is 0 Å². The fraction of sp³-hybridized carbons (Fsp3) is 0.500. The average Bonchev–Trinajstić information content (AvgIpc) is 3.06. The molecule has 1 saturated heterocycles. The predicted molar refractivity (Wildman–Crippen MR) is 105 cm³/mol. The highest BCUT2D eigenvalue weighted by atomic mass is 35.5. The summed E-state index contributed by atoms with van der Waals surface area (Å²) in [5, 5.41) is 0. The van der Waals surface area contributed by atoms with Gasteiger partial charge in [0, 0.05) is 30.9 Å². The Hall–Kier alpha value is -1.07. The van der Waals surface area contributed by atoms with Gasteiger partial charge >= 0.3 is 0 Å². The quantitative estimate of drug-likeness (QED) is 0.645. The van der Waals surface area contributed by atoms with E-state index in [2.05, 4.69) is 49.1 Å². The lowest BCUT2D eigenvalue weighted by Gasteiger charge is -2.28. The number of nitrogens with zero attached hydrogens (tertiary/aromatic N) is 1. The summed E-state index contributed by atoms with van der Waals surface area (Å²) in [6.45, 7) is 9.07. The van der Waals surface area contributed by atoms with Gasteiger partial charge in [0.2, 0.25) is 0 Å². The molecular weight excluding hydrogens is 354 g/mol. The first kappa shape index (κ1) is 18.7. The van der Waals surface area contributed by atoms with Gasteiger partial charge in [0.05, 0.1) is 17.6 Å². The topological polar surface area (TPSA) is 21.7 Å². The monoisotopic (exact) mass is 379 g/mol. The average molecular weight is 380 g/mol. The van der Waals surface area contributed by atoms with Crippen LogP contribution >= 0.6 is 22.9 Å². The lowest BCUT2D eigenvalue weighted by molar-refractivity contribution is 0.0319. The lowest BCUT2D eigenvalue weighted by Crippen LogP contribution is -2.37. The molecular formula is C20H26ClNO2S. The minimum absolute atomic E-state index is 0.0326. The minimum Gasteiger partial charge on any atom is -0.485 e. The van der Waals surface area contributed by atoms with Crippen molar-refractivity contribution in [2.45, 2.75) is 32.3 Å². The molecule has 0 aliphatic carbocycles. The molecule has 1 unspecified atom stereocenters. The molecule has 1 atom stereocenters. The van der Waals surface area contributed by atoms with Crippen molar-refractivity contribution in [3.63, 3.8) is 0 Å². The summed E-state index contributed by atoms with van der Waals surface area (Å²) in [6.07, 6.45) is 0.980. The molecule has 136 valence electrons. The first-order valence-corrected chi connectivity index (χ1v) is 10.1. The van der Waals surface area contributed by atoms with Crippen molar-refractivity contribution in [3.05, 3.63) is 51.2 Å². The van der Waals surface area contributed by atoms with Crippen molar-refractivity contribution in [2.75, 3.05) is 32.8 Å². The Labute approximate surface area is 159 Å². The first-order chi connectivity index (χ1) is 12.1. The van der Waals surface area contributed by atoms with Crippen LogP contribution in [0.5, 0.6) is 5.75 Å². The third-order valence-electron chi connectivity index (χ3n) is 4.55. The maximum atomic E-state index is 6.33. The van der Waals surface area contributed by atoms with E-state index in [0.29, 0.717) is 5.92 Å². The Balaban J connectivity index is 1.67. The normalized spacial score (nSPS) is 17.0. The number of hydrogen-bond donors (Lipinski definition) is 0. The first-order valence-electron chi connectivity index (χ1n) is 8.94. The van der Waals surface area contributed by atoms with Crippen LogP contribution in [0.1, 0.15) is 42.7 Å². The largest absolute Gasteiger partial charge is 0.485 e. The maximum absolute atomic E-state index is 6.33. The molecule has 2 heterocycles. The molecule has 1 aromatic carbocycles. The number of morpholine rings is 1. The molecule has 0 amide bonds. The Morgan fingerprint density at radius 1 is 1.12 bits per heavy atom. The molecule has 3 rings (SSSR count). The van der Waals surface area contributed by atoms with Crippen molar-refractivity contribution in [2.24, 2.45) is 0 Å². The number of rotatable bonds is 7. The molecule has 1 aliphatic rings. The van der Waals surface area contributed by atoms with Crippen LogP contribution in [0.3, 0.4) is 0 Å². The highest BCUT2D eigenvalue weighted by Gasteiger charge is 2.19. The smallest absolute Gasteiger partial charge is 0.134 e. The summed E-state index contributed by atoms with van der Waals surface area (Å²) in [7, 11) is 0. The van der Waals surface area contributed by atoms with Crippen LogP contribution in [0.4, 0.5) is 0 Å². The van der Waals surface area contributed by atoms with Crippen molar-refractivity contribution in [3.8, 4) is 5.75 Å². The van der Waals surface area contributed by atoms with Gasteiger partial charge in [-0.15, -0.1) is 11.3 Å². The van der Waals surface area contributed by atoms with Crippen molar-refractivity contribution in [1.82, 2.24) is 4.90 Å². The second-order valence-electron chi connectivity index (χ2n) is 6.71. The molecule has 1 aromatic heterocycles. The van der Waals surface area contributed by atoms with Gasteiger partial charge in [0.1, 0.15) is 11.9 Å². The van der Waals surface area contributed by atoms with Crippen LogP contribution in [-0.4, -0.2) is 37.7 Å². The number of ether oxygens (including phenoxy) is 2. The summed E-state index contributed by atoms with van der Waals surface area (Å²) in [6, 6.07) is 12.5. The molecule has 0 radical (unpaired) electrons. The molecule has 2 aromatic rings. The summed E-state index contributed by atoms with van der Waals surface area (Å²) < 4.78 is 12.6. The minimum atomic E-state index is 0.0326. The molecule has 0 spiro atoms. The third-order valence-corrected chi connectivity index (χ3v) is 5.87. The zero-order valence-electron chi connectivity index (χ0n) is 14.9. The second kappa shape index (κ2) is 9.04. The van der Waals surface area contributed by atoms with E-state index in [1.165, 1.54) is 10.4 Å². The summed E-state index contributed by atoms with van der Waals surface area (Å²) in [5.74, 6) is 1.45. The van der Waals surface area contributed by atoms with Gasteiger partial charge < -0.3 is 9.47 Å². The standard InChI is InChI=1S/C20H26ClNO2S/c1-15(2)16-3-5-17(6-4-16)24-18(19-7-8-20(21)25-19)9-10-22-11-13-23-14-12-22/h3-8,15,18H,9-14H2,1-2H3. The fourth-order valence-electron chi connectivity index (χ4n) is 2.98. The van der Waals surface area contributed by atoms with E-state index in [1.807, 2.05) is 6.07 Å². The van der Waals surface area contributed by atoms with E-state index >= 15 is 0 Å². The van der Waals surface area contributed by atoms with Crippen LogP contribution in [0.25, 0.3) is 0 Å². The number of hydrogen-bond acceptors (Lipinski definition) is 4. The van der Waals surface area contributed by atoms with E-state index in [1.54, 1.807) is 11.3 Å². The molecule has 0 bridgehead atoms.